The number of carbonyl (C=O) groups excluding carboxylic acids is 2. The molecule has 0 amide bonds. The fourth-order valence-corrected chi connectivity index (χ4v) is 0.545. The summed E-state index contributed by atoms with van der Waals surface area (Å²) >= 11 is 0. The van der Waals surface area contributed by atoms with Gasteiger partial charge in [-0.05, 0) is 13.3 Å². The van der Waals surface area contributed by atoms with Crippen molar-refractivity contribution < 1.29 is 9.59 Å². The second kappa shape index (κ2) is 4.30. The molecule has 0 fully saturated rings. The zero-order valence-corrected chi connectivity index (χ0v) is 5.81. The van der Waals surface area contributed by atoms with Crippen LogP contribution in [-0.2, 0) is 9.59 Å². The van der Waals surface area contributed by atoms with Crippen LogP contribution >= 0.6 is 0 Å². The minimum absolute atomic E-state index is 0.0648. The van der Waals surface area contributed by atoms with Gasteiger partial charge in [0, 0.05) is 0 Å². The van der Waals surface area contributed by atoms with Gasteiger partial charge in [0.15, 0.2) is 0 Å². The molecule has 0 N–H and O–H groups in total. The molecule has 0 aromatic rings. The molecular weight excluding hydrogens is 115 g/mol. The Morgan fingerprint density at radius 2 is 2.00 bits per heavy atom. The van der Waals surface area contributed by atoms with E-state index in [9.17, 15) is 9.59 Å². The van der Waals surface area contributed by atoms with E-state index in [1.807, 2.05) is 6.92 Å². The molecule has 0 aromatic heterocycles. The average Bonchev–Trinajstić information content (AvgIpc) is 1.63. The Balaban J connectivity index is 3.39. The second-order valence-corrected chi connectivity index (χ2v) is 1.97. The molecule has 0 saturated carbocycles. The summed E-state index contributed by atoms with van der Waals surface area (Å²) in [5.41, 5.74) is -0.224. The average molecular weight is 125 g/mol. The Morgan fingerprint density at radius 1 is 1.44 bits per heavy atom. The maximum Gasteiger partial charge on any atom is 0.290 e. The molecule has 0 unspecified atom stereocenters. The number of rotatable bonds is 4. The fourth-order valence-electron chi connectivity index (χ4n) is 0.545. The summed E-state index contributed by atoms with van der Waals surface area (Å²) in [7, 11) is 1.14. The van der Waals surface area contributed by atoms with Crippen molar-refractivity contribution in [3.63, 3.8) is 0 Å². The summed E-state index contributed by atoms with van der Waals surface area (Å²) in [5.74, 6) is 0. The highest BCUT2D eigenvalue weighted by molar-refractivity contribution is 6.96. The quantitative estimate of drug-likeness (QED) is 0.514. The van der Waals surface area contributed by atoms with Crippen molar-refractivity contribution in [2.75, 3.05) is 0 Å². The molecule has 0 rings (SSSR count). The standard InChI is InChI=1S/C6H10BO2/c1-3-4-6(9)7-5(2)8/h3-4H2,1-2H3. The first-order valence-corrected chi connectivity index (χ1v) is 3.05. The topological polar surface area (TPSA) is 34.1 Å². The molecule has 9 heavy (non-hydrogen) atoms. The van der Waals surface area contributed by atoms with Crippen LogP contribution in [0.25, 0.3) is 0 Å². The van der Waals surface area contributed by atoms with Gasteiger partial charge < -0.3 is 9.59 Å². The zero-order chi connectivity index (χ0) is 7.28. The Bertz CT molecular complexity index is 120. The Hall–Kier alpha value is -0.595. The Labute approximate surface area is 55.9 Å². The van der Waals surface area contributed by atoms with Crippen LogP contribution in [0.5, 0.6) is 0 Å². The van der Waals surface area contributed by atoms with Crippen LogP contribution in [0, 0.1) is 0 Å². The van der Waals surface area contributed by atoms with Gasteiger partial charge in [-0.1, -0.05) is 13.3 Å². The highest BCUT2D eigenvalue weighted by atomic mass is 16.1. The normalized spacial score (nSPS) is 8.67. The maximum atomic E-state index is 10.6. The molecule has 0 saturated heterocycles. The fraction of sp³-hybridized carbons (Fsp3) is 0.667. The van der Waals surface area contributed by atoms with E-state index in [1.165, 1.54) is 6.92 Å². The molecule has 2 nitrogen and oxygen atoms in total. The van der Waals surface area contributed by atoms with E-state index in [4.69, 9.17) is 0 Å². The van der Waals surface area contributed by atoms with Gasteiger partial charge in [-0.2, -0.15) is 0 Å². The van der Waals surface area contributed by atoms with Crippen molar-refractivity contribution in [3.8, 4) is 0 Å². The monoisotopic (exact) mass is 125 g/mol. The van der Waals surface area contributed by atoms with Crippen molar-refractivity contribution in [2.24, 2.45) is 0 Å². The molecule has 1 radical (unpaired) electrons. The molecule has 0 bridgehead atoms. The van der Waals surface area contributed by atoms with Gasteiger partial charge in [0.25, 0.3) is 7.28 Å². The lowest BCUT2D eigenvalue weighted by Gasteiger charge is -1.89. The molecule has 0 aliphatic rings. The van der Waals surface area contributed by atoms with Crippen molar-refractivity contribution in [3.05, 3.63) is 0 Å². The van der Waals surface area contributed by atoms with Crippen LogP contribution in [0.2, 0.25) is 0 Å². The molecule has 0 atom stereocenters. The van der Waals surface area contributed by atoms with E-state index in [-0.39, 0.29) is 11.4 Å². The van der Waals surface area contributed by atoms with Crippen molar-refractivity contribution in [1.82, 2.24) is 0 Å². The van der Waals surface area contributed by atoms with E-state index in [2.05, 4.69) is 0 Å². The summed E-state index contributed by atoms with van der Waals surface area (Å²) in [6.45, 7) is 3.29. The highest BCUT2D eigenvalue weighted by Crippen LogP contribution is 1.86. The first-order chi connectivity index (χ1) is 4.16. The first kappa shape index (κ1) is 8.40. The number of carbonyl (C=O) groups is 2. The van der Waals surface area contributed by atoms with Crippen molar-refractivity contribution in [1.29, 1.82) is 0 Å². The van der Waals surface area contributed by atoms with E-state index >= 15 is 0 Å². The lowest BCUT2D eigenvalue weighted by atomic mass is 9.68. The molecule has 3 heteroatoms. The van der Waals surface area contributed by atoms with Gasteiger partial charge in [0.2, 0.25) is 0 Å². The Morgan fingerprint density at radius 3 is 2.33 bits per heavy atom. The van der Waals surface area contributed by atoms with Gasteiger partial charge in [0.05, 0.1) is 11.4 Å². The lowest BCUT2D eigenvalue weighted by molar-refractivity contribution is -0.114. The third-order valence-electron chi connectivity index (χ3n) is 0.861. The van der Waals surface area contributed by atoms with Crippen molar-refractivity contribution >= 4 is 18.6 Å². The second-order valence-electron chi connectivity index (χ2n) is 1.97. The number of hydrogen-bond donors (Lipinski definition) is 0. The highest BCUT2D eigenvalue weighted by Gasteiger charge is 2.05. The van der Waals surface area contributed by atoms with Gasteiger partial charge in [0.1, 0.15) is 0 Å². The van der Waals surface area contributed by atoms with Crippen LogP contribution < -0.4 is 0 Å². The van der Waals surface area contributed by atoms with Crippen LogP contribution in [0.3, 0.4) is 0 Å². The Kier molecular flexibility index (Phi) is 4.02. The van der Waals surface area contributed by atoms with Crippen LogP contribution in [-0.4, -0.2) is 18.6 Å². The van der Waals surface area contributed by atoms with E-state index in [1.54, 1.807) is 0 Å². The third kappa shape index (κ3) is 5.27. The molecule has 0 aliphatic carbocycles. The van der Waals surface area contributed by atoms with Gasteiger partial charge in [-0.25, -0.2) is 0 Å². The summed E-state index contributed by atoms with van der Waals surface area (Å²) < 4.78 is 0. The molecule has 0 aromatic carbocycles. The molecule has 0 heterocycles. The predicted molar refractivity (Wildman–Crippen MR) is 36.4 cm³/mol. The molecule has 0 aliphatic heterocycles. The first-order valence-electron chi connectivity index (χ1n) is 3.05. The van der Waals surface area contributed by atoms with Crippen LogP contribution in [0.15, 0.2) is 0 Å². The minimum atomic E-state index is -0.159. The van der Waals surface area contributed by atoms with Gasteiger partial charge in [-0.3, -0.25) is 0 Å². The van der Waals surface area contributed by atoms with E-state index in [0.29, 0.717) is 6.42 Å². The smallest absolute Gasteiger partial charge is 0.290 e. The van der Waals surface area contributed by atoms with Gasteiger partial charge >= 0.3 is 0 Å². The van der Waals surface area contributed by atoms with Crippen LogP contribution in [0.4, 0.5) is 0 Å². The predicted octanol–water partition coefficient (Wildman–Crippen LogP) is 0.564. The SMILES string of the molecule is CCCC(=O)[B]C(C)=O. The van der Waals surface area contributed by atoms with Gasteiger partial charge in [-0.15, -0.1) is 0 Å². The van der Waals surface area contributed by atoms with E-state index in [0.717, 1.165) is 13.7 Å². The zero-order valence-electron chi connectivity index (χ0n) is 5.81. The van der Waals surface area contributed by atoms with Crippen molar-refractivity contribution in [2.45, 2.75) is 26.7 Å². The summed E-state index contributed by atoms with van der Waals surface area (Å²) in [5, 5.41) is 0. The third-order valence-corrected chi connectivity index (χ3v) is 0.861. The molecular formula is C6H10BO2. The maximum absolute atomic E-state index is 10.6. The largest absolute Gasteiger partial charge is 0.312 e. The van der Waals surface area contributed by atoms with E-state index < -0.39 is 0 Å². The lowest BCUT2D eigenvalue weighted by Crippen LogP contribution is -2.16. The summed E-state index contributed by atoms with van der Waals surface area (Å²) in [4.78, 5) is 20.8. The molecule has 0 spiro atoms. The molecule has 49 valence electrons. The summed E-state index contributed by atoms with van der Waals surface area (Å²) in [6.07, 6.45) is 1.29. The minimum Gasteiger partial charge on any atom is -0.312 e. The number of hydrogen-bond acceptors (Lipinski definition) is 2. The summed E-state index contributed by atoms with van der Waals surface area (Å²) in [6, 6.07) is 0. The van der Waals surface area contributed by atoms with Crippen LogP contribution in [0.1, 0.15) is 26.7 Å².